The van der Waals surface area contributed by atoms with Crippen molar-refractivity contribution in [3.8, 4) is 0 Å². The molecule has 0 heterocycles. The molecule has 0 radical (unpaired) electrons. The maximum atomic E-state index is 10.2. The summed E-state index contributed by atoms with van der Waals surface area (Å²) >= 11 is 0.927. The fourth-order valence-electron chi connectivity index (χ4n) is 0. The number of hydrogen-bond donors (Lipinski definition) is 0. The van der Waals surface area contributed by atoms with Crippen LogP contribution in [-0.4, -0.2) is 0 Å². The van der Waals surface area contributed by atoms with Gasteiger partial charge >= 0.3 is 27.0 Å². The summed E-state index contributed by atoms with van der Waals surface area (Å²) in [4.78, 5) is 0. The van der Waals surface area contributed by atoms with Crippen LogP contribution >= 0.6 is 22.6 Å². The molecule has 0 spiro atoms. The van der Waals surface area contributed by atoms with Gasteiger partial charge in [0.15, 0.2) is 0 Å². The van der Waals surface area contributed by atoms with Crippen molar-refractivity contribution in [2.75, 3.05) is 0 Å². The Morgan fingerprint density at radius 3 is 1.50 bits per heavy atom. The molecule has 0 aliphatic rings. The van der Waals surface area contributed by atoms with Crippen molar-refractivity contribution < 1.29 is 8.78 Å². The van der Waals surface area contributed by atoms with Gasteiger partial charge in [0.25, 0.3) is 0 Å². The van der Waals surface area contributed by atoms with Crippen LogP contribution in [0.3, 0.4) is 0 Å². The van der Waals surface area contributed by atoms with Gasteiger partial charge < -0.3 is 0 Å². The van der Waals surface area contributed by atoms with Crippen LogP contribution in [0.15, 0.2) is 0 Å². The highest BCUT2D eigenvalue weighted by atomic mass is 127. The third kappa shape index (κ3) is 24.8. The van der Waals surface area contributed by atoms with Crippen molar-refractivity contribution in [3.05, 3.63) is 4.43 Å². The minimum absolute atomic E-state index is 0.927. The van der Waals surface area contributed by atoms with Crippen molar-refractivity contribution in [3.63, 3.8) is 0 Å². The van der Waals surface area contributed by atoms with Crippen molar-refractivity contribution in [2.45, 2.75) is 0 Å². The second kappa shape index (κ2) is 1.75. The van der Waals surface area contributed by atoms with Crippen LogP contribution in [0.5, 0.6) is 0 Å². The van der Waals surface area contributed by atoms with E-state index < -0.39 is 4.43 Å². The van der Waals surface area contributed by atoms with E-state index in [1.54, 1.807) is 0 Å². The molecule has 0 aliphatic heterocycles. The van der Waals surface area contributed by atoms with Gasteiger partial charge in [0.05, 0.1) is 8.78 Å². The third-order valence-corrected chi connectivity index (χ3v) is 0. The maximum Gasteiger partial charge on any atom is 0.567 e. The summed E-state index contributed by atoms with van der Waals surface area (Å²) < 4.78 is 18.9. The largest absolute Gasteiger partial charge is 0.567 e. The molecule has 0 atom stereocenters. The first-order valence-corrected chi connectivity index (χ1v) is 1.65. The lowest BCUT2D eigenvalue weighted by molar-refractivity contribution is 0.390. The molecule has 0 aromatic heterocycles. The first kappa shape index (κ1) is 4.46. The average molecular weight is 177 g/mol. The van der Waals surface area contributed by atoms with Gasteiger partial charge in [-0.05, 0) is 0 Å². The van der Waals surface area contributed by atoms with Gasteiger partial charge in [0, 0.05) is 0 Å². The Kier molecular flexibility index (Phi) is 1.95. The predicted molar refractivity (Wildman–Crippen MR) is 19.5 cm³/mol. The molecule has 0 aromatic carbocycles. The quantitative estimate of drug-likeness (QED) is 0.391. The Bertz CT molecular complexity index is 10.8. The number of hydrogen-bond acceptors (Lipinski definition) is 0. The van der Waals surface area contributed by atoms with Crippen LogP contribution in [-0.2, 0) is 0 Å². The lowest BCUT2D eigenvalue weighted by Crippen LogP contribution is -1.43. The van der Waals surface area contributed by atoms with Gasteiger partial charge in [0.1, 0.15) is 0 Å². The summed E-state index contributed by atoms with van der Waals surface area (Å²) in [6, 6.07) is 0. The zero-order valence-electron chi connectivity index (χ0n) is 1.63. The molecule has 0 nitrogen and oxygen atoms in total. The molecular formula is CF2I+. The van der Waals surface area contributed by atoms with E-state index in [1.807, 2.05) is 0 Å². The summed E-state index contributed by atoms with van der Waals surface area (Å²) in [5, 5.41) is 0. The van der Waals surface area contributed by atoms with E-state index in [9.17, 15) is 8.78 Å². The molecule has 0 unspecified atom stereocenters. The van der Waals surface area contributed by atoms with Crippen LogP contribution < -0.4 is 0 Å². The van der Waals surface area contributed by atoms with Crippen molar-refractivity contribution in [2.24, 2.45) is 0 Å². The van der Waals surface area contributed by atoms with E-state index in [2.05, 4.69) is 0 Å². The summed E-state index contributed by atoms with van der Waals surface area (Å²) in [5.41, 5.74) is 0. The van der Waals surface area contributed by atoms with Crippen LogP contribution in [0.2, 0.25) is 0 Å². The molecule has 0 saturated heterocycles. The van der Waals surface area contributed by atoms with E-state index in [0.29, 0.717) is 0 Å². The summed E-state index contributed by atoms with van der Waals surface area (Å²) in [6.45, 7) is 0. The SMILES string of the molecule is F[C+](F)I. The van der Waals surface area contributed by atoms with Gasteiger partial charge in [-0.3, -0.25) is 0 Å². The Hall–Kier alpha value is 0.460. The van der Waals surface area contributed by atoms with Crippen LogP contribution in [0, 0.1) is 4.43 Å². The standard InChI is InChI=1S/CF2I/c2-1(3)4/q+1. The smallest absolute Gasteiger partial charge is 0.0548 e. The third-order valence-electron chi connectivity index (χ3n) is 0. The Labute approximate surface area is 36.3 Å². The summed E-state index contributed by atoms with van der Waals surface area (Å²) in [7, 11) is 0. The second-order valence-corrected chi connectivity index (χ2v) is 1.03. The minimum Gasteiger partial charge on any atom is 0.0548 e. The van der Waals surface area contributed by atoms with Crippen molar-refractivity contribution in [1.82, 2.24) is 0 Å². The zero-order chi connectivity index (χ0) is 3.58. The first-order valence-electron chi connectivity index (χ1n) is 0.567. The molecule has 24 valence electrons. The molecule has 0 aliphatic carbocycles. The Morgan fingerprint density at radius 1 is 1.50 bits per heavy atom. The predicted octanol–water partition coefficient (Wildman–Crippen LogP) is 1.81. The average Bonchev–Trinajstić information content (AvgIpc) is 0.811. The fourth-order valence-corrected chi connectivity index (χ4v) is 0. The maximum absolute atomic E-state index is 10.2. The first-order chi connectivity index (χ1) is 1.73. The van der Waals surface area contributed by atoms with Gasteiger partial charge in [-0.25, -0.2) is 0 Å². The van der Waals surface area contributed by atoms with Gasteiger partial charge in [-0.15, -0.1) is 0 Å². The Balaban J connectivity index is 2.32. The molecule has 0 saturated carbocycles. The monoisotopic (exact) mass is 177 g/mol. The summed E-state index contributed by atoms with van der Waals surface area (Å²) in [5.74, 6) is 0. The Morgan fingerprint density at radius 2 is 1.50 bits per heavy atom. The molecule has 0 amide bonds. The van der Waals surface area contributed by atoms with Crippen LogP contribution in [0.4, 0.5) is 8.78 Å². The minimum atomic E-state index is -1.61. The molecule has 0 bridgehead atoms. The number of halogens is 3. The van der Waals surface area contributed by atoms with E-state index in [4.69, 9.17) is 0 Å². The fraction of sp³-hybridized carbons (Fsp3) is 0. The zero-order valence-corrected chi connectivity index (χ0v) is 3.79. The molecule has 0 fully saturated rings. The van der Waals surface area contributed by atoms with Crippen LogP contribution in [0.1, 0.15) is 0 Å². The van der Waals surface area contributed by atoms with Crippen molar-refractivity contribution in [1.29, 1.82) is 0 Å². The highest BCUT2D eigenvalue weighted by molar-refractivity contribution is 14.1. The van der Waals surface area contributed by atoms with E-state index in [0.717, 1.165) is 22.6 Å². The molecule has 4 heavy (non-hydrogen) atoms. The van der Waals surface area contributed by atoms with E-state index in [1.165, 1.54) is 0 Å². The number of rotatable bonds is 0. The van der Waals surface area contributed by atoms with Gasteiger partial charge in [-0.2, -0.15) is 0 Å². The van der Waals surface area contributed by atoms with E-state index in [-0.39, 0.29) is 0 Å². The van der Waals surface area contributed by atoms with Gasteiger partial charge in [-0.1, -0.05) is 0 Å². The van der Waals surface area contributed by atoms with Crippen molar-refractivity contribution >= 4 is 22.6 Å². The summed E-state index contributed by atoms with van der Waals surface area (Å²) in [6.07, 6.45) is 0. The normalized spacial score (nSPS) is 6.75. The lowest BCUT2D eigenvalue weighted by atomic mass is 11.7. The van der Waals surface area contributed by atoms with Crippen LogP contribution in [0.25, 0.3) is 0 Å². The lowest BCUT2D eigenvalue weighted by Gasteiger charge is -1.39. The van der Waals surface area contributed by atoms with Gasteiger partial charge in [0.2, 0.25) is 0 Å². The molecule has 3 heteroatoms. The highest BCUT2D eigenvalue weighted by Gasteiger charge is 2.11. The molecule has 0 rings (SSSR count). The highest BCUT2D eigenvalue weighted by Crippen LogP contribution is 2.10. The van der Waals surface area contributed by atoms with E-state index >= 15 is 0 Å². The second-order valence-electron chi connectivity index (χ2n) is 0.214. The molecule has 0 N–H and O–H groups in total. The topological polar surface area (TPSA) is 0 Å². The molecule has 0 aromatic rings. The molecular weight excluding hydrogens is 177 g/mol.